The molecular formula is C22H32N6O3. The fraction of sp³-hybridized carbons (Fsp3) is 0.591. The van der Waals surface area contributed by atoms with Gasteiger partial charge >= 0.3 is 0 Å². The van der Waals surface area contributed by atoms with E-state index < -0.39 is 0 Å². The summed E-state index contributed by atoms with van der Waals surface area (Å²) in [4.78, 5) is 28.9. The van der Waals surface area contributed by atoms with E-state index in [4.69, 9.17) is 4.74 Å². The molecule has 2 aliphatic rings. The maximum absolute atomic E-state index is 12.5. The lowest BCUT2D eigenvalue weighted by Gasteiger charge is -2.27. The Morgan fingerprint density at radius 3 is 2.81 bits per heavy atom. The molecule has 0 spiro atoms. The van der Waals surface area contributed by atoms with Crippen molar-refractivity contribution in [2.24, 2.45) is 7.05 Å². The number of nitrogens with zero attached hydrogens (tertiary/aromatic N) is 5. The average Bonchev–Trinajstić information content (AvgIpc) is 3.39. The Morgan fingerprint density at radius 2 is 2.03 bits per heavy atom. The van der Waals surface area contributed by atoms with Gasteiger partial charge in [-0.3, -0.25) is 19.4 Å². The van der Waals surface area contributed by atoms with Gasteiger partial charge in [-0.15, -0.1) is 0 Å². The molecule has 1 fully saturated rings. The van der Waals surface area contributed by atoms with Crippen molar-refractivity contribution in [1.29, 1.82) is 0 Å². The highest BCUT2D eigenvalue weighted by molar-refractivity contribution is 5.94. The van der Waals surface area contributed by atoms with Crippen LogP contribution in [0, 0.1) is 0 Å². The number of anilines is 1. The van der Waals surface area contributed by atoms with Gasteiger partial charge < -0.3 is 14.6 Å². The van der Waals surface area contributed by atoms with Gasteiger partial charge in [-0.2, -0.15) is 5.10 Å². The number of nitrogens with one attached hydrogen (secondary N) is 1. The molecule has 0 aliphatic carbocycles. The predicted octanol–water partition coefficient (Wildman–Crippen LogP) is 1.24. The molecule has 2 aliphatic heterocycles. The number of carbonyl (C=O) groups is 2. The molecule has 0 aromatic carbocycles. The molecule has 4 rings (SSSR count). The lowest BCUT2D eigenvalue weighted by atomic mass is 10.2. The highest BCUT2D eigenvalue weighted by atomic mass is 16.5. The van der Waals surface area contributed by atoms with Crippen LogP contribution >= 0.6 is 0 Å². The highest BCUT2D eigenvalue weighted by Crippen LogP contribution is 2.28. The molecule has 1 saturated heterocycles. The quantitative estimate of drug-likeness (QED) is 0.608. The van der Waals surface area contributed by atoms with Gasteiger partial charge in [0.15, 0.2) is 0 Å². The minimum absolute atomic E-state index is 0.0458. The molecular weight excluding hydrogens is 396 g/mol. The summed E-state index contributed by atoms with van der Waals surface area (Å²) in [5.74, 6) is 0.958. The number of carbonyl (C=O) groups excluding carboxylic acids is 2. The maximum Gasteiger partial charge on any atom is 0.229 e. The van der Waals surface area contributed by atoms with Crippen molar-refractivity contribution in [2.45, 2.75) is 32.2 Å². The molecule has 1 N–H and O–H groups in total. The molecule has 0 bridgehead atoms. The van der Waals surface area contributed by atoms with Crippen molar-refractivity contribution in [3.05, 3.63) is 24.4 Å². The number of morpholine rings is 1. The lowest BCUT2D eigenvalue weighted by molar-refractivity contribution is -0.122. The van der Waals surface area contributed by atoms with Crippen LogP contribution in [0.5, 0.6) is 0 Å². The zero-order chi connectivity index (χ0) is 21.6. The summed E-state index contributed by atoms with van der Waals surface area (Å²) < 4.78 is 9.26. The predicted molar refractivity (Wildman–Crippen MR) is 118 cm³/mol. The van der Waals surface area contributed by atoms with Crippen LogP contribution in [0.1, 0.15) is 25.7 Å². The molecule has 2 amide bonds. The minimum atomic E-state index is 0.0458. The second-order valence-corrected chi connectivity index (χ2v) is 8.17. The fourth-order valence-corrected chi connectivity index (χ4v) is 4.19. The number of aryl methyl sites for hydroxylation is 2. The Bertz CT molecular complexity index is 899. The van der Waals surface area contributed by atoms with Gasteiger partial charge in [-0.1, -0.05) is 0 Å². The van der Waals surface area contributed by atoms with E-state index in [-0.39, 0.29) is 11.8 Å². The summed E-state index contributed by atoms with van der Waals surface area (Å²) in [6, 6.07) is 5.97. The summed E-state index contributed by atoms with van der Waals surface area (Å²) in [7, 11) is 1.98. The molecule has 0 saturated carbocycles. The maximum atomic E-state index is 12.5. The molecule has 9 heteroatoms. The highest BCUT2D eigenvalue weighted by Gasteiger charge is 2.26. The van der Waals surface area contributed by atoms with Crippen LogP contribution in [0.2, 0.25) is 0 Å². The number of aromatic nitrogens is 3. The third-order valence-corrected chi connectivity index (χ3v) is 5.94. The van der Waals surface area contributed by atoms with E-state index in [1.54, 1.807) is 4.90 Å². The van der Waals surface area contributed by atoms with Crippen molar-refractivity contribution in [2.75, 3.05) is 50.8 Å². The molecule has 168 valence electrons. The number of rotatable bonds is 9. The van der Waals surface area contributed by atoms with Crippen LogP contribution in [0.25, 0.3) is 11.4 Å². The van der Waals surface area contributed by atoms with E-state index in [1.807, 2.05) is 40.7 Å². The smallest absolute Gasteiger partial charge is 0.229 e. The van der Waals surface area contributed by atoms with Gasteiger partial charge in [0.2, 0.25) is 11.8 Å². The van der Waals surface area contributed by atoms with Crippen molar-refractivity contribution in [3.8, 4) is 11.4 Å². The third-order valence-electron chi connectivity index (χ3n) is 5.94. The molecule has 31 heavy (non-hydrogen) atoms. The number of hydrogen-bond acceptors (Lipinski definition) is 5. The molecule has 4 heterocycles. The van der Waals surface area contributed by atoms with Crippen LogP contribution in [-0.2, 0) is 27.9 Å². The van der Waals surface area contributed by atoms with Gasteiger partial charge in [0.1, 0.15) is 11.5 Å². The van der Waals surface area contributed by atoms with Crippen molar-refractivity contribution < 1.29 is 14.3 Å². The SMILES string of the molecule is Cn1cccc1-c1cc2n(n1)CCC(=O)N2CCCC(=O)NCCCN1CCOCC1. The largest absolute Gasteiger partial charge is 0.379 e. The minimum Gasteiger partial charge on any atom is -0.379 e. The number of ether oxygens (including phenoxy) is 1. The van der Waals surface area contributed by atoms with Gasteiger partial charge in [0, 0.05) is 58.3 Å². The van der Waals surface area contributed by atoms with Crippen LogP contribution in [0.15, 0.2) is 24.4 Å². The monoisotopic (exact) mass is 428 g/mol. The third kappa shape index (κ3) is 5.34. The molecule has 0 unspecified atom stereocenters. The zero-order valence-corrected chi connectivity index (χ0v) is 18.3. The molecule has 2 aromatic rings. The second kappa shape index (κ2) is 10.1. The van der Waals surface area contributed by atoms with Crippen molar-refractivity contribution >= 4 is 17.6 Å². The lowest BCUT2D eigenvalue weighted by Crippen LogP contribution is -2.39. The van der Waals surface area contributed by atoms with Crippen LogP contribution in [0.3, 0.4) is 0 Å². The Labute approximate surface area is 182 Å². The topological polar surface area (TPSA) is 84.6 Å². The van der Waals surface area contributed by atoms with Crippen LogP contribution in [-0.4, -0.2) is 77.0 Å². The standard InChI is InChI=1S/C22H32N6O3/c1-25-9-2-5-19(25)18-17-21-27(22(30)7-12-28(21)24-18)11-3-6-20(29)23-8-4-10-26-13-15-31-16-14-26/h2,5,9,17H,3-4,6-8,10-16H2,1H3,(H,23,29). The van der Waals surface area contributed by atoms with E-state index in [9.17, 15) is 9.59 Å². The normalized spacial score (nSPS) is 17.1. The van der Waals surface area contributed by atoms with Gasteiger partial charge in [0.05, 0.1) is 25.5 Å². The van der Waals surface area contributed by atoms with Gasteiger partial charge in [-0.05, 0) is 31.5 Å². The van der Waals surface area contributed by atoms with Crippen LogP contribution < -0.4 is 10.2 Å². The molecule has 0 radical (unpaired) electrons. The first kappa shape index (κ1) is 21.6. The second-order valence-electron chi connectivity index (χ2n) is 8.17. The number of hydrogen-bond donors (Lipinski definition) is 1. The Morgan fingerprint density at radius 1 is 1.19 bits per heavy atom. The van der Waals surface area contributed by atoms with Crippen molar-refractivity contribution in [1.82, 2.24) is 24.6 Å². The van der Waals surface area contributed by atoms with Gasteiger partial charge in [0.25, 0.3) is 0 Å². The molecule has 0 atom stereocenters. The Balaban J connectivity index is 1.23. The first-order valence-electron chi connectivity index (χ1n) is 11.2. The van der Waals surface area contributed by atoms with Crippen LogP contribution in [0.4, 0.5) is 5.82 Å². The molecule has 2 aromatic heterocycles. The van der Waals surface area contributed by atoms with Gasteiger partial charge in [-0.25, -0.2) is 4.68 Å². The fourth-order valence-electron chi connectivity index (χ4n) is 4.19. The first-order chi connectivity index (χ1) is 15.1. The Kier molecular flexibility index (Phi) is 7.03. The van der Waals surface area contributed by atoms with E-state index in [0.717, 1.165) is 56.5 Å². The van der Waals surface area contributed by atoms with E-state index in [2.05, 4.69) is 15.3 Å². The number of fused-ring (bicyclic) bond motifs is 1. The van der Waals surface area contributed by atoms with Crippen molar-refractivity contribution in [3.63, 3.8) is 0 Å². The first-order valence-corrected chi connectivity index (χ1v) is 11.2. The summed E-state index contributed by atoms with van der Waals surface area (Å²) >= 11 is 0. The summed E-state index contributed by atoms with van der Waals surface area (Å²) in [6.07, 6.45) is 4.41. The van der Waals surface area contributed by atoms with E-state index >= 15 is 0 Å². The Hall–Kier alpha value is -2.65. The van der Waals surface area contributed by atoms with E-state index in [0.29, 0.717) is 38.9 Å². The summed E-state index contributed by atoms with van der Waals surface area (Å²) in [5, 5.41) is 7.68. The average molecular weight is 429 g/mol. The molecule has 9 nitrogen and oxygen atoms in total. The zero-order valence-electron chi connectivity index (χ0n) is 18.3. The summed E-state index contributed by atoms with van der Waals surface area (Å²) in [5.41, 5.74) is 1.88. The summed E-state index contributed by atoms with van der Waals surface area (Å²) in [6.45, 7) is 6.34. The van der Waals surface area contributed by atoms with E-state index in [1.165, 1.54) is 0 Å². The number of amides is 2.